The molecule has 5 atom stereocenters. The molecule has 0 radical (unpaired) electrons. The van der Waals surface area contributed by atoms with E-state index in [1.54, 1.807) is 24.3 Å². The highest BCUT2D eigenvalue weighted by atomic mass is 16.5. The van der Waals surface area contributed by atoms with Gasteiger partial charge in [0.1, 0.15) is 29.7 Å². The molecule has 0 heterocycles. The van der Waals surface area contributed by atoms with Gasteiger partial charge in [-0.15, -0.1) is 0 Å². The van der Waals surface area contributed by atoms with E-state index in [-0.39, 0.29) is 30.0 Å². The monoisotopic (exact) mass is 379 g/mol. The van der Waals surface area contributed by atoms with Gasteiger partial charge in [-0.25, -0.2) is 15.0 Å². The summed E-state index contributed by atoms with van der Waals surface area (Å²) in [5.74, 6) is -0.326. The Bertz CT molecular complexity index is 740. The molecule has 2 rings (SSSR count). The van der Waals surface area contributed by atoms with E-state index >= 15 is 0 Å². The Balaban J connectivity index is 2.37. The van der Waals surface area contributed by atoms with E-state index in [1.807, 2.05) is 0 Å². The number of guanidine groups is 3. The molecule has 1 aromatic carbocycles. The summed E-state index contributed by atoms with van der Waals surface area (Å²) >= 11 is 0. The minimum absolute atomic E-state index is 0.142. The number of benzene rings is 1. The number of hydrogen-bond donors (Lipinski definition) is 8. The van der Waals surface area contributed by atoms with Gasteiger partial charge in [0.2, 0.25) is 0 Å². The highest BCUT2D eigenvalue weighted by molar-refractivity contribution is 5.80. The van der Waals surface area contributed by atoms with Crippen LogP contribution in [0.3, 0.4) is 0 Å². The first-order valence-corrected chi connectivity index (χ1v) is 8.08. The first-order valence-electron chi connectivity index (χ1n) is 8.08. The molecule has 0 spiro atoms. The Morgan fingerprint density at radius 1 is 0.852 bits per heavy atom. The van der Waals surface area contributed by atoms with Gasteiger partial charge in [-0.05, 0) is 18.6 Å². The Hall–Kier alpha value is -3.25. The lowest BCUT2D eigenvalue weighted by molar-refractivity contribution is -0.0898. The van der Waals surface area contributed by atoms with Gasteiger partial charge in [0.05, 0.1) is 12.1 Å². The van der Waals surface area contributed by atoms with Gasteiger partial charge < -0.3 is 49.4 Å². The molecule has 1 aliphatic carbocycles. The van der Waals surface area contributed by atoms with Crippen molar-refractivity contribution >= 4 is 23.6 Å². The maximum atomic E-state index is 10.6. The summed E-state index contributed by atoms with van der Waals surface area (Å²) in [5, 5.41) is 21.0. The van der Waals surface area contributed by atoms with Crippen LogP contribution in [0, 0.1) is 0 Å². The summed E-state index contributed by atoms with van der Waals surface area (Å²) in [5.41, 5.74) is 32.9. The zero-order chi connectivity index (χ0) is 20.1. The maximum absolute atomic E-state index is 10.6. The third-order valence-corrected chi connectivity index (χ3v) is 3.95. The fraction of sp³-hybridized carbons (Fsp3) is 0.400. The van der Waals surface area contributed by atoms with Crippen molar-refractivity contribution in [1.82, 2.24) is 0 Å². The van der Waals surface area contributed by atoms with Crippen molar-refractivity contribution in [2.24, 2.45) is 49.4 Å². The molecule has 1 fully saturated rings. The zero-order valence-corrected chi connectivity index (χ0v) is 14.5. The molecule has 0 aromatic heterocycles. The molecular weight excluding hydrogens is 354 g/mol. The Labute approximate surface area is 155 Å². The van der Waals surface area contributed by atoms with E-state index in [0.29, 0.717) is 5.69 Å². The lowest BCUT2D eigenvalue weighted by Crippen LogP contribution is -2.58. The molecule has 12 heteroatoms. The van der Waals surface area contributed by atoms with Crippen LogP contribution in [0.5, 0.6) is 5.75 Å². The van der Waals surface area contributed by atoms with Gasteiger partial charge in [0.15, 0.2) is 17.9 Å². The van der Waals surface area contributed by atoms with Gasteiger partial charge in [-0.1, -0.05) is 12.1 Å². The number of aliphatic imine (C=N–C) groups is 3. The molecule has 14 N–H and O–H groups in total. The molecule has 1 aromatic rings. The molecule has 0 bridgehead atoms. The summed E-state index contributed by atoms with van der Waals surface area (Å²) in [6.07, 6.45) is -3.53. The van der Waals surface area contributed by atoms with Gasteiger partial charge in [0, 0.05) is 0 Å². The molecule has 0 amide bonds. The van der Waals surface area contributed by atoms with Crippen LogP contribution < -0.4 is 39.1 Å². The lowest BCUT2D eigenvalue weighted by Gasteiger charge is -2.39. The van der Waals surface area contributed by atoms with Gasteiger partial charge in [0.25, 0.3) is 0 Å². The fourth-order valence-corrected chi connectivity index (χ4v) is 2.89. The summed E-state index contributed by atoms with van der Waals surface area (Å²) in [6.45, 7) is 0. The number of ether oxygens (including phenoxy) is 1. The number of aliphatic hydroxyl groups is 2. The minimum atomic E-state index is -1.38. The standard InChI is InChI=1S/C15H25N9O3/c16-13(17)22-6-3-1-2-4-9(6)27-12-8(24-15(20)21)5-7(23-14(18)19)10(25)11(12)26/h1-4,7-8,10-12,25-26H,5H2,(H4,16,17,22)(H4,18,19,23)(H4,20,21,24)/t7?,8?,10-,11+,12+/m0/s1. The summed E-state index contributed by atoms with van der Waals surface area (Å²) in [4.78, 5) is 12.0. The molecule has 1 aliphatic rings. The smallest absolute Gasteiger partial charge is 0.191 e. The van der Waals surface area contributed by atoms with Gasteiger partial charge >= 0.3 is 0 Å². The third-order valence-electron chi connectivity index (χ3n) is 3.95. The van der Waals surface area contributed by atoms with E-state index in [4.69, 9.17) is 39.1 Å². The fourth-order valence-electron chi connectivity index (χ4n) is 2.89. The van der Waals surface area contributed by atoms with E-state index < -0.39 is 30.4 Å². The second kappa shape index (κ2) is 8.42. The number of rotatable bonds is 5. The van der Waals surface area contributed by atoms with Crippen molar-refractivity contribution in [1.29, 1.82) is 0 Å². The number of nitrogens with two attached hydrogens (primary N) is 6. The predicted octanol–water partition coefficient (Wildman–Crippen LogP) is -3.25. The summed E-state index contributed by atoms with van der Waals surface area (Å²) in [6, 6.07) is 5.11. The van der Waals surface area contributed by atoms with E-state index in [1.165, 1.54) is 0 Å². The van der Waals surface area contributed by atoms with Crippen molar-refractivity contribution in [3.63, 3.8) is 0 Å². The first kappa shape index (κ1) is 20.1. The second-order valence-corrected chi connectivity index (χ2v) is 6.05. The van der Waals surface area contributed by atoms with Crippen LogP contribution in [0.2, 0.25) is 0 Å². The van der Waals surface area contributed by atoms with Gasteiger partial charge in [-0.3, -0.25) is 0 Å². The average Bonchev–Trinajstić information content (AvgIpc) is 2.56. The van der Waals surface area contributed by atoms with Crippen LogP contribution in [-0.4, -0.2) is 58.5 Å². The van der Waals surface area contributed by atoms with Crippen LogP contribution >= 0.6 is 0 Å². The topological polar surface area (TPSA) is 243 Å². The second-order valence-electron chi connectivity index (χ2n) is 6.05. The first-order chi connectivity index (χ1) is 12.7. The van der Waals surface area contributed by atoms with Crippen molar-refractivity contribution in [2.45, 2.75) is 36.8 Å². The number of aliphatic hydroxyl groups excluding tert-OH is 2. The van der Waals surface area contributed by atoms with E-state index in [2.05, 4.69) is 15.0 Å². The predicted molar refractivity (Wildman–Crippen MR) is 102 cm³/mol. The molecule has 0 aliphatic heterocycles. The molecule has 148 valence electrons. The zero-order valence-electron chi connectivity index (χ0n) is 14.5. The highest BCUT2D eigenvalue weighted by Gasteiger charge is 2.45. The molecular formula is C15H25N9O3. The van der Waals surface area contributed by atoms with Crippen molar-refractivity contribution in [3.05, 3.63) is 24.3 Å². The molecule has 27 heavy (non-hydrogen) atoms. The third kappa shape index (κ3) is 5.12. The summed E-state index contributed by atoms with van der Waals surface area (Å²) in [7, 11) is 0. The van der Waals surface area contributed by atoms with E-state index in [9.17, 15) is 10.2 Å². The van der Waals surface area contributed by atoms with Crippen LogP contribution in [0.1, 0.15) is 6.42 Å². The van der Waals surface area contributed by atoms with Crippen molar-refractivity contribution in [3.8, 4) is 5.75 Å². The number of hydrogen-bond acceptors (Lipinski definition) is 6. The van der Waals surface area contributed by atoms with Crippen LogP contribution in [0.4, 0.5) is 5.69 Å². The molecule has 1 saturated carbocycles. The van der Waals surface area contributed by atoms with Crippen LogP contribution in [-0.2, 0) is 0 Å². The largest absolute Gasteiger partial charge is 0.483 e. The summed E-state index contributed by atoms with van der Waals surface area (Å²) < 4.78 is 5.88. The molecule has 0 saturated heterocycles. The van der Waals surface area contributed by atoms with Crippen LogP contribution in [0.25, 0.3) is 0 Å². The quantitative estimate of drug-likeness (QED) is 0.189. The average molecular weight is 379 g/mol. The normalized spacial score (nSPS) is 27.3. The number of para-hydroxylation sites is 2. The van der Waals surface area contributed by atoms with E-state index in [0.717, 1.165) is 0 Å². The highest BCUT2D eigenvalue weighted by Crippen LogP contribution is 2.33. The lowest BCUT2D eigenvalue weighted by atomic mass is 9.84. The van der Waals surface area contributed by atoms with Crippen molar-refractivity contribution < 1.29 is 14.9 Å². The molecule has 12 nitrogen and oxygen atoms in total. The maximum Gasteiger partial charge on any atom is 0.191 e. The van der Waals surface area contributed by atoms with Crippen LogP contribution in [0.15, 0.2) is 39.2 Å². The Kier molecular flexibility index (Phi) is 6.26. The number of nitrogens with zero attached hydrogens (tertiary/aromatic N) is 3. The van der Waals surface area contributed by atoms with Gasteiger partial charge in [-0.2, -0.15) is 0 Å². The minimum Gasteiger partial charge on any atom is -0.483 e. The Morgan fingerprint density at radius 2 is 1.44 bits per heavy atom. The SMILES string of the molecule is NC(N)=Nc1ccccc1O[C@@H]1C(N=C(N)N)CC(N=C(N)N)[C@H](O)[C@H]1O. The Morgan fingerprint density at radius 3 is 2.04 bits per heavy atom. The molecule has 2 unspecified atom stereocenters. The van der Waals surface area contributed by atoms with Crippen molar-refractivity contribution in [2.75, 3.05) is 0 Å².